The molecule has 0 aromatic heterocycles. The highest BCUT2D eigenvalue weighted by molar-refractivity contribution is 7.41. The molecule has 0 saturated carbocycles. The van der Waals surface area contributed by atoms with E-state index in [2.05, 4.69) is 0 Å². The van der Waals surface area contributed by atoms with Crippen molar-refractivity contribution in [3.63, 3.8) is 0 Å². The molecule has 2 unspecified atom stereocenters. The molecule has 0 rings (SSSR count). The Morgan fingerprint density at radius 3 is 2.00 bits per heavy atom. The van der Waals surface area contributed by atoms with Crippen LogP contribution < -0.4 is 0 Å². The Morgan fingerprint density at radius 2 is 2.00 bits per heavy atom. The minimum Gasteiger partial charge on any atom is -0.347 e. The van der Waals surface area contributed by atoms with Crippen LogP contribution in [0.25, 0.3) is 0 Å². The zero-order valence-electron chi connectivity index (χ0n) is 5.51. The van der Waals surface area contributed by atoms with E-state index in [4.69, 9.17) is 4.89 Å². The van der Waals surface area contributed by atoms with Crippen LogP contribution >= 0.6 is 8.03 Å². The smallest absolute Gasteiger partial charge is 0.231 e. The van der Waals surface area contributed by atoms with E-state index in [9.17, 15) is 4.57 Å². The Balaban J connectivity index is 3.64. The molecule has 48 valence electrons. The molecule has 0 heterocycles. The second-order valence-corrected chi connectivity index (χ2v) is 6.36. The van der Waals surface area contributed by atoms with E-state index >= 15 is 0 Å². The molecule has 4 heteroatoms. The lowest BCUT2D eigenvalue weighted by Crippen LogP contribution is -2.09. The summed E-state index contributed by atoms with van der Waals surface area (Å²) in [6.45, 7) is 3.97. The fourth-order valence-corrected chi connectivity index (χ4v) is 0.855. The summed E-state index contributed by atoms with van der Waals surface area (Å²) < 4.78 is 10.5. The van der Waals surface area contributed by atoms with Crippen LogP contribution in [0.4, 0.5) is 0 Å². The Bertz CT molecular complexity index is 94.0. The van der Waals surface area contributed by atoms with E-state index in [-0.39, 0.29) is 4.52 Å². The van der Waals surface area contributed by atoms with Crippen molar-refractivity contribution in [2.75, 3.05) is 0 Å². The summed E-state index contributed by atoms with van der Waals surface area (Å²) >= 11 is 0.841. The standard InChI is InChI=1S/C4H10O2P.Al.2H/c1-4(2)3-7(5)6;;;/h3-4,7H,1-2H3,(H,5,6);;;. The Labute approximate surface area is 58.6 Å². The van der Waals surface area contributed by atoms with Gasteiger partial charge in [0.2, 0.25) is 16.3 Å². The lowest BCUT2D eigenvalue weighted by molar-refractivity contribution is 0.487. The fourth-order valence-electron chi connectivity index (χ4n) is 0.285. The molecule has 0 aliphatic rings. The maximum absolute atomic E-state index is 10.4. The zero-order chi connectivity index (χ0) is 6.73. The van der Waals surface area contributed by atoms with E-state index in [1.54, 1.807) is 0 Å². The molecule has 0 aliphatic carbocycles. The Hall–Kier alpha value is 0.722. The molecule has 1 N–H and O–H groups in total. The van der Waals surface area contributed by atoms with E-state index in [0.717, 1.165) is 16.3 Å². The predicted octanol–water partition coefficient (Wildman–Crippen LogP) is 0.0686. The van der Waals surface area contributed by atoms with Gasteiger partial charge in [-0.1, -0.05) is 13.8 Å². The molecule has 0 aliphatic heterocycles. The van der Waals surface area contributed by atoms with Gasteiger partial charge in [-0.25, -0.2) is 0 Å². The Kier molecular flexibility index (Phi) is 4.03. The molecule has 8 heavy (non-hydrogen) atoms. The number of hydrogen-bond donors (Lipinski definition) is 1. The summed E-state index contributed by atoms with van der Waals surface area (Å²) in [6, 6.07) is 0. The van der Waals surface area contributed by atoms with Gasteiger partial charge in [0.05, 0.1) is 0 Å². The molecule has 2 nitrogen and oxygen atoms in total. The Morgan fingerprint density at radius 1 is 1.62 bits per heavy atom. The van der Waals surface area contributed by atoms with Gasteiger partial charge < -0.3 is 4.89 Å². The summed E-state index contributed by atoms with van der Waals surface area (Å²) in [7, 11) is -2.20. The first-order valence-electron chi connectivity index (χ1n) is 2.78. The second kappa shape index (κ2) is 3.69. The van der Waals surface area contributed by atoms with Gasteiger partial charge in [0, 0.05) is 0 Å². The van der Waals surface area contributed by atoms with Crippen LogP contribution in [0.1, 0.15) is 13.8 Å². The van der Waals surface area contributed by atoms with Crippen molar-refractivity contribution < 1.29 is 9.46 Å². The molecule has 0 amide bonds. The number of hydrogen-bond acceptors (Lipinski definition) is 1. The fraction of sp³-hybridized carbons (Fsp3) is 1.00. The molecule has 0 fully saturated rings. The van der Waals surface area contributed by atoms with Gasteiger partial charge in [0.15, 0.2) is 8.03 Å². The van der Waals surface area contributed by atoms with E-state index in [1.807, 2.05) is 13.8 Å². The van der Waals surface area contributed by atoms with Crippen LogP contribution in [0.5, 0.6) is 0 Å². The van der Waals surface area contributed by atoms with Crippen molar-refractivity contribution in [1.82, 2.24) is 0 Å². The van der Waals surface area contributed by atoms with Crippen LogP contribution in [0.3, 0.4) is 0 Å². The van der Waals surface area contributed by atoms with E-state index < -0.39 is 8.03 Å². The van der Waals surface area contributed by atoms with Crippen LogP contribution in [0.2, 0.25) is 0 Å². The first-order valence-corrected chi connectivity index (χ1v) is 5.37. The van der Waals surface area contributed by atoms with Crippen molar-refractivity contribution in [1.29, 1.82) is 0 Å². The quantitative estimate of drug-likeness (QED) is 0.446. The third kappa shape index (κ3) is 2.89. The first kappa shape index (κ1) is 8.72. The molecule has 0 aromatic carbocycles. The van der Waals surface area contributed by atoms with E-state index in [1.165, 1.54) is 0 Å². The van der Waals surface area contributed by atoms with Crippen molar-refractivity contribution in [3.8, 4) is 0 Å². The van der Waals surface area contributed by atoms with Crippen LogP contribution in [-0.4, -0.2) is 25.7 Å². The minimum absolute atomic E-state index is 0.111. The van der Waals surface area contributed by atoms with Crippen molar-refractivity contribution in [3.05, 3.63) is 0 Å². The summed E-state index contributed by atoms with van der Waals surface area (Å²) in [4.78, 5) is 8.57. The highest BCUT2D eigenvalue weighted by atomic mass is 31.1. The molecule has 2 atom stereocenters. The van der Waals surface area contributed by atoms with E-state index in [0.29, 0.717) is 5.92 Å². The SMILES string of the molecule is CC(C)[CH]([AlH2])[PH](=O)O. The third-order valence-corrected chi connectivity index (χ3v) is 5.65. The van der Waals surface area contributed by atoms with Crippen molar-refractivity contribution in [2.24, 2.45) is 5.92 Å². The first-order chi connectivity index (χ1) is 3.55. The average molecular weight is 150 g/mol. The summed E-state index contributed by atoms with van der Waals surface area (Å²) in [6.07, 6.45) is 0. The predicted molar refractivity (Wildman–Crippen MR) is 38.4 cm³/mol. The number of rotatable bonds is 2. The monoisotopic (exact) mass is 150 g/mol. The molecular formula is C4H12AlO2P. The minimum atomic E-state index is -2.20. The summed E-state index contributed by atoms with van der Waals surface area (Å²) in [5.74, 6) is 0.387. The topological polar surface area (TPSA) is 37.3 Å². The third-order valence-electron chi connectivity index (χ3n) is 1.39. The van der Waals surface area contributed by atoms with Gasteiger partial charge in [0.1, 0.15) is 0 Å². The van der Waals surface area contributed by atoms with Gasteiger partial charge in [-0.2, -0.15) is 0 Å². The van der Waals surface area contributed by atoms with Crippen LogP contribution in [0, 0.1) is 5.92 Å². The molecule has 0 spiro atoms. The van der Waals surface area contributed by atoms with Crippen molar-refractivity contribution in [2.45, 2.75) is 18.4 Å². The molecule has 0 aromatic rings. The van der Waals surface area contributed by atoms with Gasteiger partial charge in [-0.3, -0.25) is 4.57 Å². The molecule has 0 saturated heterocycles. The highest BCUT2D eigenvalue weighted by Crippen LogP contribution is 2.25. The second-order valence-electron chi connectivity index (χ2n) is 2.37. The van der Waals surface area contributed by atoms with Gasteiger partial charge >= 0.3 is 0 Å². The van der Waals surface area contributed by atoms with Crippen LogP contribution in [-0.2, 0) is 4.57 Å². The van der Waals surface area contributed by atoms with Gasteiger partial charge in [-0.05, 0) is 10.4 Å². The summed E-state index contributed by atoms with van der Waals surface area (Å²) in [5.41, 5.74) is 0. The zero-order valence-corrected chi connectivity index (χ0v) is 8.51. The summed E-state index contributed by atoms with van der Waals surface area (Å²) in [5, 5.41) is 0. The molecular weight excluding hydrogens is 138 g/mol. The maximum Gasteiger partial charge on any atom is 0.231 e. The maximum atomic E-state index is 10.4. The lowest BCUT2D eigenvalue weighted by Gasteiger charge is -2.09. The van der Waals surface area contributed by atoms with Crippen molar-refractivity contribution >= 4 is 24.3 Å². The van der Waals surface area contributed by atoms with Gasteiger partial charge in [-0.15, -0.1) is 0 Å². The molecule has 0 radical (unpaired) electrons. The highest BCUT2D eigenvalue weighted by Gasteiger charge is 2.10. The normalized spacial score (nSPS) is 18.5. The van der Waals surface area contributed by atoms with Gasteiger partial charge in [0.25, 0.3) is 0 Å². The lowest BCUT2D eigenvalue weighted by atomic mass is 10.3. The average Bonchev–Trinajstić information content (AvgIpc) is 1.64. The molecule has 0 bridgehead atoms. The van der Waals surface area contributed by atoms with Crippen LogP contribution in [0.15, 0.2) is 0 Å². The largest absolute Gasteiger partial charge is 0.347 e.